The number of benzene rings is 1. The Morgan fingerprint density at radius 2 is 2.00 bits per heavy atom. The highest BCUT2D eigenvalue weighted by atomic mass is 32.2. The minimum absolute atomic E-state index is 0.170. The number of nitrogens with one attached hydrogen (secondary N) is 1. The van der Waals surface area contributed by atoms with Crippen molar-refractivity contribution in [2.45, 2.75) is 45.5 Å². The average molecular weight is 395 g/mol. The number of hydrogen-bond donors (Lipinski definition) is 1. The lowest BCUT2D eigenvalue weighted by Crippen LogP contribution is -2.57. The molecule has 1 saturated heterocycles. The molecular weight excluding hydrogens is 360 g/mol. The second kappa shape index (κ2) is 9.06. The van der Waals surface area contributed by atoms with Crippen LogP contribution in [0.4, 0.5) is 0 Å². The van der Waals surface area contributed by atoms with Crippen LogP contribution in [0.3, 0.4) is 0 Å². The van der Waals surface area contributed by atoms with Crippen LogP contribution in [0.15, 0.2) is 29.3 Å². The minimum atomic E-state index is -3.06. The van der Waals surface area contributed by atoms with Gasteiger partial charge in [0.2, 0.25) is 0 Å². The molecule has 152 valence electrons. The topological polar surface area (TPSA) is 65.0 Å². The van der Waals surface area contributed by atoms with Crippen LogP contribution in [0.5, 0.6) is 0 Å². The molecule has 0 saturated carbocycles. The van der Waals surface area contributed by atoms with Gasteiger partial charge in [0, 0.05) is 26.2 Å². The lowest BCUT2D eigenvalue weighted by molar-refractivity contribution is 0.345. The fraction of sp³-hybridized carbons (Fsp3) is 0.650. The average Bonchev–Trinajstić information content (AvgIpc) is 2.61. The number of nitrogens with zero attached hydrogens (tertiary/aromatic N) is 3. The van der Waals surface area contributed by atoms with Crippen molar-refractivity contribution in [1.82, 2.24) is 15.1 Å². The lowest BCUT2D eigenvalue weighted by Gasteiger charge is -2.39. The fourth-order valence-electron chi connectivity index (χ4n) is 3.17. The van der Waals surface area contributed by atoms with E-state index in [1.54, 1.807) is 13.8 Å². The fourth-order valence-corrected chi connectivity index (χ4v) is 4.53. The van der Waals surface area contributed by atoms with Gasteiger partial charge in [0.15, 0.2) is 15.8 Å². The van der Waals surface area contributed by atoms with Gasteiger partial charge in [-0.3, -0.25) is 0 Å². The summed E-state index contributed by atoms with van der Waals surface area (Å²) in [5, 5.41) is 3.32. The molecule has 0 radical (unpaired) electrons. The van der Waals surface area contributed by atoms with Crippen molar-refractivity contribution in [2.75, 3.05) is 39.0 Å². The predicted molar refractivity (Wildman–Crippen MR) is 113 cm³/mol. The largest absolute Gasteiger partial charge is 0.357 e. The molecule has 27 heavy (non-hydrogen) atoms. The monoisotopic (exact) mass is 394 g/mol. The molecule has 0 spiro atoms. The van der Waals surface area contributed by atoms with Crippen LogP contribution >= 0.6 is 0 Å². The zero-order valence-corrected chi connectivity index (χ0v) is 18.1. The zero-order chi connectivity index (χ0) is 20.1. The molecule has 0 bridgehead atoms. The predicted octanol–water partition coefficient (Wildman–Crippen LogP) is 2.11. The molecule has 7 heteroatoms. The Morgan fingerprint density at radius 3 is 2.63 bits per heavy atom. The van der Waals surface area contributed by atoms with Crippen molar-refractivity contribution in [1.29, 1.82) is 0 Å². The molecule has 1 aromatic rings. The summed E-state index contributed by atoms with van der Waals surface area (Å²) in [5.74, 6) is 0.958. The van der Waals surface area contributed by atoms with Crippen LogP contribution in [0.25, 0.3) is 0 Å². The van der Waals surface area contributed by atoms with Gasteiger partial charge in [-0.05, 0) is 45.5 Å². The summed E-state index contributed by atoms with van der Waals surface area (Å²) in [6.07, 6.45) is 0. The highest BCUT2D eigenvalue weighted by molar-refractivity contribution is 7.92. The highest BCUT2D eigenvalue weighted by Gasteiger charge is 2.40. The molecular formula is C20H34N4O2S. The van der Waals surface area contributed by atoms with Gasteiger partial charge in [0.25, 0.3) is 0 Å². The first-order valence-electron chi connectivity index (χ1n) is 9.70. The first-order chi connectivity index (χ1) is 12.7. The van der Waals surface area contributed by atoms with Gasteiger partial charge in [-0.15, -0.1) is 0 Å². The Labute approximate surface area is 164 Å². The lowest BCUT2D eigenvalue weighted by atomic mass is 10.1. The Balaban J connectivity index is 2.13. The van der Waals surface area contributed by atoms with Gasteiger partial charge in [0.1, 0.15) is 0 Å². The summed E-state index contributed by atoms with van der Waals surface area (Å²) in [5.41, 5.74) is 2.44. The Bertz CT molecular complexity index is 759. The molecule has 2 rings (SSSR count). The summed E-state index contributed by atoms with van der Waals surface area (Å²) in [7, 11) is -0.947. The van der Waals surface area contributed by atoms with Gasteiger partial charge in [0.05, 0.1) is 17.0 Å². The number of aliphatic imine (C=N–C) groups is 1. The molecule has 1 heterocycles. The van der Waals surface area contributed by atoms with Crippen LogP contribution < -0.4 is 5.32 Å². The molecule has 0 amide bonds. The SMILES string of the molecule is CCNC(=NCc1cccc(CN(C)CC)c1)N1CCS(=O)(=O)C(C)(C)C1. The second-order valence-corrected chi connectivity index (χ2v) is 10.6. The van der Waals surface area contributed by atoms with E-state index >= 15 is 0 Å². The van der Waals surface area contributed by atoms with Crippen LogP contribution in [0.2, 0.25) is 0 Å². The van der Waals surface area contributed by atoms with Crippen molar-refractivity contribution in [2.24, 2.45) is 4.99 Å². The summed E-state index contributed by atoms with van der Waals surface area (Å²) < 4.78 is 23.8. The smallest absolute Gasteiger partial charge is 0.194 e. The molecule has 6 nitrogen and oxygen atoms in total. The number of hydrogen-bond acceptors (Lipinski definition) is 4. The van der Waals surface area contributed by atoms with E-state index in [4.69, 9.17) is 4.99 Å². The summed E-state index contributed by atoms with van der Waals surface area (Å²) in [4.78, 5) is 9.12. The molecule has 1 fully saturated rings. The third kappa shape index (κ3) is 5.69. The molecule has 1 aliphatic heterocycles. The van der Waals surface area contributed by atoms with Gasteiger partial charge in [-0.2, -0.15) is 0 Å². The van der Waals surface area contributed by atoms with E-state index in [0.29, 0.717) is 19.6 Å². The maximum atomic E-state index is 12.3. The zero-order valence-electron chi connectivity index (χ0n) is 17.3. The summed E-state index contributed by atoms with van der Waals surface area (Å²) in [6.45, 7) is 12.0. The van der Waals surface area contributed by atoms with Gasteiger partial charge in [-0.1, -0.05) is 31.2 Å². The van der Waals surface area contributed by atoms with Crippen molar-refractivity contribution in [3.63, 3.8) is 0 Å². The molecule has 0 unspecified atom stereocenters. The third-order valence-corrected chi connectivity index (χ3v) is 7.61. The van der Waals surface area contributed by atoms with E-state index < -0.39 is 14.6 Å². The van der Waals surface area contributed by atoms with Crippen molar-refractivity contribution < 1.29 is 8.42 Å². The Morgan fingerprint density at radius 1 is 1.30 bits per heavy atom. The van der Waals surface area contributed by atoms with Gasteiger partial charge < -0.3 is 15.1 Å². The van der Waals surface area contributed by atoms with Crippen LogP contribution in [0, 0.1) is 0 Å². The van der Waals surface area contributed by atoms with E-state index in [9.17, 15) is 8.42 Å². The molecule has 0 atom stereocenters. The Hall–Kier alpha value is -1.60. The first kappa shape index (κ1) is 21.7. The van der Waals surface area contributed by atoms with Crippen LogP contribution in [-0.4, -0.2) is 67.9 Å². The van der Waals surface area contributed by atoms with Crippen molar-refractivity contribution in [3.05, 3.63) is 35.4 Å². The van der Waals surface area contributed by atoms with E-state index in [-0.39, 0.29) is 5.75 Å². The van der Waals surface area contributed by atoms with E-state index in [0.717, 1.165) is 31.2 Å². The molecule has 1 aromatic carbocycles. The van der Waals surface area contributed by atoms with Crippen molar-refractivity contribution >= 4 is 15.8 Å². The maximum absolute atomic E-state index is 12.3. The number of rotatable bonds is 6. The maximum Gasteiger partial charge on any atom is 0.194 e. The van der Waals surface area contributed by atoms with Gasteiger partial charge >= 0.3 is 0 Å². The van der Waals surface area contributed by atoms with Crippen LogP contribution in [-0.2, 0) is 22.9 Å². The third-order valence-electron chi connectivity index (χ3n) is 5.07. The number of sulfone groups is 1. The van der Waals surface area contributed by atoms with Crippen molar-refractivity contribution in [3.8, 4) is 0 Å². The standard InChI is InChI=1S/C20H34N4O2S/c1-6-21-19(24-11-12-27(25,26)20(3,4)16-24)22-14-17-9-8-10-18(13-17)15-23(5)7-2/h8-10,13H,6-7,11-12,14-16H2,1-5H3,(H,21,22). The normalized spacial score (nSPS) is 19.3. The summed E-state index contributed by atoms with van der Waals surface area (Å²) in [6, 6.07) is 8.51. The van der Waals surface area contributed by atoms with E-state index in [1.165, 1.54) is 5.56 Å². The quantitative estimate of drug-likeness (QED) is 0.591. The van der Waals surface area contributed by atoms with Gasteiger partial charge in [-0.25, -0.2) is 13.4 Å². The highest BCUT2D eigenvalue weighted by Crippen LogP contribution is 2.23. The molecule has 0 aromatic heterocycles. The molecule has 1 N–H and O–H groups in total. The number of guanidine groups is 1. The van der Waals surface area contributed by atoms with E-state index in [1.807, 2.05) is 6.92 Å². The first-order valence-corrected chi connectivity index (χ1v) is 11.4. The molecule has 0 aliphatic carbocycles. The van der Waals surface area contributed by atoms with E-state index in [2.05, 4.69) is 53.4 Å². The minimum Gasteiger partial charge on any atom is -0.357 e. The van der Waals surface area contributed by atoms with Crippen LogP contribution in [0.1, 0.15) is 38.8 Å². The molecule has 1 aliphatic rings. The second-order valence-electron chi connectivity index (χ2n) is 7.82. The Kier molecular flexibility index (Phi) is 7.28. The summed E-state index contributed by atoms with van der Waals surface area (Å²) >= 11 is 0.